The highest BCUT2D eigenvalue weighted by molar-refractivity contribution is 5.93. The Labute approximate surface area is 147 Å². The Morgan fingerprint density at radius 1 is 1.38 bits per heavy atom. The number of nitrogens with zero attached hydrogens (tertiary/aromatic N) is 2. The number of nitriles is 1. The van der Waals surface area contributed by atoms with Crippen LogP contribution in [0, 0.1) is 17.1 Å². The first-order chi connectivity index (χ1) is 12.5. The van der Waals surface area contributed by atoms with Gasteiger partial charge in [-0.3, -0.25) is 4.79 Å². The first kappa shape index (κ1) is 17.7. The van der Waals surface area contributed by atoms with E-state index in [4.69, 9.17) is 5.26 Å². The molecule has 3 rings (SSSR count). The van der Waals surface area contributed by atoms with Crippen LogP contribution in [0.25, 0.3) is 0 Å². The molecular formula is C18H14F3N3O2. The minimum absolute atomic E-state index is 0.117. The van der Waals surface area contributed by atoms with E-state index in [2.05, 4.69) is 21.1 Å². The van der Waals surface area contributed by atoms with Gasteiger partial charge in [0.25, 0.3) is 11.8 Å². The second-order valence-electron chi connectivity index (χ2n) is 5.87. The normalized spacial score (nSPS) is 13.3. The maximum atomic E-state index is 13.7. The molecule has 1 N–H and O–H groups in total. The quantitative estimate of drug-likeness (QED) is 0.854. The molecule has 1 saturated carbocycles. The zero-order chi connectivity index (χ0) is 18.7. The van der Waals surface area contributed by atoms with Gasteiger partial charge in [-0.2, -0.15) is 14.0 Å². The fourth-order valence-electron chi connectivity index (χ4n) is 2.62. The number of ether oxygens (including phenoxy) is 1. The largest absolute Gasteiger partial charge is 0.414 e. The number of carbonyl (C=O) groups is 1. The standard InChI is InChI=1S/C18H14F3N3O2/c19-15-6-13(9-24-17(15)26-18(20)21)16(25)23-8-12-5-10(7-22)1-4-14(12)11-2-3-11/h1,4-6,9,11,18H,2-3,8H2,(H,23,25). The SMILES string of the molecule is N#Cc1ccc(C2CC2)c(CNC(=O)c2cnc(OC(F)F)c(F)c2)c1. The first-order valence-corrected chi connectivity index (χ1v) is 7.89. The van der Waals surface area contributed by atoms with Gasteiger partial charge >= 0.3 is 6.61 Å². The van der Waals surface area contributed by atoms with Crippen molar-refractivity contribution >= 4 is 5.91 Å². The van der Waals surface area contributed by atoms with E-state index in [9.17, 15) is 18.0 Å². The van der Waals surface area contributed by atoms with Crippen molar-refractivity contribution in [2.75, 3.05) is 0 Å². The average Bonchev–Trinajstić information content (AvgIpc) is 3.45. The van der Waals surface area contributed by atoms with Crippen LogP contribution in [0.4, 0.5) is 13.2 Å². The molecule has 1 fully saturated rings. The summed E-state index contributed by atoms with van der Waals surface area (Å²) in [5.41, 5.74) is 2.27. The predicted molar refractivity (Wildman–Crippen MR) is 85.1 cm³/mol. The highest BCUT2D eigenvalue weighted by atomic mass is 19.3. The van der Waals surface area contributed by atoms with Crippen molar-refractivity contribution in [3.05, 3.63) is 58.5 Å². The summed E-state index contributed by atoms with van der Waals surface area (Å²) in [5, 5.41) is 11.7. The molecule has 26 heavy (non-hydrogen) atoms. The predicted octanol–water partition coefficient (Wildman–Crippen LogP) is 3.50. The van der Waals surface area contributed by atoms with E-state index >= 15 is 0 Å². The van der Waals surface area contributed by atoms with Crippen molar-refractivity contribution in [1.29, 1.82) is 5.26 Å². The minimum atomic E-state index is -3.20. The summed E-state index contributed by atoms with van der Waals surface area (Å²) >= 11 is 0. The van der Waals surface area contributed by atoms with Gasteiger partial charge in [0.2, 0.25) is 0 Å². The Bertz CT molecular complexity index is 876. The lowest BCUT2D eigenvalue weighted by Gasteiger charge is -2.11. The summed E-state index contributed by atoms with van der Waals surface area (Å²) < 4.78 is 41.8. The van der Waals surface area contributed by atoms with E-state index < -0.39 is 24.2 Å². The van der Waals surface area contributed by atoms with Gasteiger partial charge in [0.1, 0.15) is 0 Å². The molecule has 1 aromatic carbocycles. The minimum Gasteiger partial charge on any atom is -0.414 e. The Morgan fingerprint density at radius 3 is 2.77 bits per heavy atom. The number of hydrogen-bond acceptors (Lipinski definition) is 4. The molecule has 0 saturated heterocycles. The van der Waals surface area contributed by atoms with Crippen molar-refractivity contribution in [2.24, 2.45) is 0 Å². The van der Waals surface area contributed by atoms with Gasteiger partial charge in [0.05, 0.1) is 17.2 Å². The molecule has 2 aromatic rings. The Kier molecular flexibility index (Phi) is 5.07. The van der Waals surface area contributed by atoms with Gasteiger partial charge in [-0.25, -0.2) is 9.37 Å². The Hall–Kier alpha value is -3.08. The van der Waals surface area contributed by atoms with E-state index in [0.717, 1.165) is 36.2 Å². The van der Waals surface area contributed by atoms with Crippen LogP contribution in [0.1, 0.15) is 45.8 Å². The summed E-state index contributed by atoms with van der Waals surface area (Å²) in [6, 6.07) is 8.18. The number of halogens is 3. The number of amides is 1. The molecule has 1 amide bonds. The van der Waals surface area contributed by atoms with Crippen molar-refractivity contribution in [1.82, 2.24) is 10.3 Å². The number of rotatable bonds is 6. The number of benzene rings is 1. The highest BCUT2D eigenvalue weighted by Gasteiger charge is 2.26. The molecule has 0 atom stereocenters. The lowest BCUT2D eigenvalue weighted by atomic mass is 10.0. The highest BCUT2D eigenvalue weighted by Crippen LogP contribution is 2.41. The van der Waals surface area contributed by atoms with Crippen LogP contribution in [-0.2, 0) is 6.54 Å². The van der Waals surface area contributed by atoms with Crippen LogP contribution >= 0.6 is 0 Å². The van der Waals surface area contributed by atoms with Gasteiger partial charge < -0.3 is 10.1 Å². The van der Waals surface area contributed by atoms with Gasteiger partial charge in [0.15, 0.2) is 5.82 Å². The monoisotopic (exact) mass is 361 g/mol. The number of alkyl halides is 2. The van der Waals surface area contributed by atoms with E-state index in [1.54, 1.807) is 12.1 Å². The van der Waals surface area contributed by atoms with Crippen LogP contribution in [-0.4, -0.2) is 17.5 Å². The summed E-state index contributed by atoms with van der Waals surface area (Å²) in [7, 11) is 0. The molecule has 1 aromatic heterocycles. The second kappa shape index (κ2) is 7.44. The lowest BCUT2D eigenvalue weighted by molar-refractivity contribution is -0.0553. The summed E-state index contributed by atoms with van der Waals surface area (Å²) in [4.78, 5) is 15.6. The maximum absolute atomic E-state index is 13.7. The molecule has 8 heteroatoms. The molecule has 134 valence electrons. The van der Waals surface area contributed by atoms with Crippen LogP contribution in [0.2, 0.25) is 0 Å². The fraction of sp³-hybridized carbons (Fsp3) is 0.278. The number of hydrogen-bond donors (Lipinski definition) is 1. The van der Waals surface area contributed by atoms with Gasteiger partial charge in [-0.05, 0) is 48.1 Å². The summed E-state index contributed by atoms with van der Waals surface area (Å²) in [6.45, 7) is -3.04. The second-order valence-corrected chi connectivity index (χ2v) is 5.87. The summed E-state index contributed by atoms with van der Waals surface area (Å²) in [5.74, 6) is -2.19. The van der Waals surface area contributed by atoms with Gasteiger partial charge in [-0.15, -0.1) is 0 Å². The maximum Gasteiger partial charge on any atom is 0.388 e. The third-order valence-electron chi connectivity index (χ3n) is 4.00. The Balaban J connectivity index is 1.71. The van der Waals surface area contributed by atoms with Crippen LogP contribution in [0.5, 0.6) is 5.88 Å². The van der Waals surface area contributed by atoms with Crippen LogP contribution < -0.4 is 10.1 Å². The topological polar surface area (TPSA) is 75.0 Å². The number of aromatic nitrogens is 1. The molecule has 0 spiro atoms. The van der Waals surface area contributed by atoms with E-state index in [1.165, 1.54) is 0 Å². The molecular weight excluding hydrogens is 347 g/mol. The van der Waals surface area contributed by atoms with Gasteiger partial charge in [-0.1, -0.05) is 6.07 Å². The van der Waals surface area contributed by atoms with Crippen molar-refractivity contribution < 1.29 is 22.7 Å². The fourth-order valence-corrected chi connectivity index (χ4v) is 2.62. The van der Waals surface area contributed by atoms with Crippen molar-refractivity contribution in [3.8, 4) is 11.9 Å². The molecule has 1 aliphatic carbocycles. The third kappa shape index (κ3) is 4.11. The first-order valence-electron chi connectivity index (χ1n) is 7.89. The molecule has 0 aliphatic heterocycles. The smallest absolute Gasteiger partial charge is 0.388 e. The van der Waals surface area contributed by atoms with E-state index in [1.807, 2.05) is 6.07 Å². The summed E-state index contributed by atoms with van der Waals surface area (Å²) in [6.07, 6.45) is 3.09. The third-order valence-corrected chi connectivity index (χ3v) is 4.00. The molecule has 0 unspecified atom stereocenters. The zero-order valence-electron chi connectivity index (χ0n) is 13.5. The molecule has 1 aliphatic rings. The molecule has 0 bridgehead atoms. The van der Waals surface area contributed by atoms with Crippen LogP contribution in [0.3, 0.4) is 0 Å². The zero-order valence-corrected chi connectivity index (χ0v) is 13.5. The lowest BCUT2D eigenvalue weighted by Crippen LogP contribution is -2.24. The van der Waals surface area contributed by atoms with Gasteiger partial charge in [0, 0.05) is 12.7 Å². The molecule has 0 radical (unpaired) electrons. The molecule has 1 heterocycles. The number of nitrogens with one attached hydrogen (secondary N) is 1. The Morgan fingerprint density at radius 2 is 2.15 bits per heavy atom. The number of pyridine rings is 1. The van der Waals surface area contributed by atoms with E-state index in [0.29, 0.717) is 11.5 Å². The molecule has 5 nitrogen and oxygen atoms in total. The van der Waals surface area contributed by atoms with Crippen molar-refractivity contribution in [3.63, 3.8) is 0 Å². The van der Waals surface area contributed by atoms with Crippen molar-refractivity contribution in [2.45, 2.75) is 31.9 Å². The average molecular weight is 361 g/mol. The van der Waals surface area contributed by atoms with Crippen LogP contribution in [0.15, 0.2) is 30.5 Å². The van der Waals surface area contributed by atoms with E-state index in [-0.39, 0.29) is 12.1 Å². The number of carbonyl (C=O) groups excluding carboxylic acids is 1.